The molecule has 3 radical (unpaired) electrons. The zero-order chi connectivity index (χ0) is 21.4. The van der Waals surface area contributed by atoms with Gasteiger partial charge in [0.05, 0.1) is 6.54 Å². The summed E-state index contributed by atoms with van der Waals surface area (Å²) in [5.41, 5.74) is 1.45. The lowest BCUT2D eigenvalue weighted by molar-refractivity contribution is -0.671. The van der Waals surface area contributed by atoms with Gasteiger partial charge in [0.2, 0.25) is 0 Å². The Labute approximate surface area is 191 Å². The van der Waals surface area contributed by atoms with Gasteiger partial charge in [0.25, 0.3) is 0 Å². The number of benzene rings is 1. The van der Waals surface area contributed by atoms with Crippen molar-refractivity contribution in [2.24, 2.45) is 0 Å². The number of nitrogens with two attached hydrogens (primary N) is 1. The molecule has 171 valence electrons. The molecule has 0 fully saturated rings. The van der Waals surface area contributed by atoms with Crippen molar-refractivity contribution in [3.05, 3.63) is 35.9 Å². The first kappa shape index (κ1) is 27.4. The topological polar surface area (TPSA) is 28.6 Å². The van der Waals surface area contributed by atoms with E-state index in [-0.39, 0.29) is 0 Å². The maximum Gasteiger partial charge on any atom is 0.101 e. The van der Waals surface area contributed by atoms with Crippen molar-refractivity contribution >= 4 is 10.2 Å². The number of hydrogen-bond acceptors (Lipinski definition) is 1. The molecule has 0 saturated carbocycles. The van der Waals surface area contributed by atoms with E-state index in [1.54, 1.807) is 0 Å². The minimum atomic E-state index is 0.925. The van der Waals surface area contributed by atoms with Crippen LogP contribution in [0.4, 0.5) is 0 Å². The SMILES string of the molecule is [Si]CNCCCCCCCCCCCCCCCCCCC[NH2+]Cc1ccccc1. The lowest BCUT2D eigenvalue weighted by Crippen LogP contribution is -2.82. The fourth-order valence-corrected chi connectivity index (χ4v) is 4.34. The first-order valence-corrected chi connectivity index (χ1v) is 13.8. The Bertz CT molecular complexity index is 438. The molecule has 0 saturated heterocycles. The van der Waals surface area contributed by atoms with Crippen molar-refractivity contribution in [1.29, 1.82) is 0 Å². The summed E-state index contributed by atoms with van der Waals surface area (Å²) in [6, 6.07) is 10.8. The summed E-state index contributed by atoms with van der Waals surface area (Å²) in [6.07, 6.45) is 25.4. The Morgan fingerprint density at radius 3 is 1.47 bits per heavy atom. The smallest absolute Gasteiger partial charge is 0.101 e. The predicted octanol–water partition coefficient (Wildman–Crippen LogP) is 6.10. The van der Waals surface area contributed by atoms with E-state index in [1.807, 2.05) is 0 Å². The van der Waals surface area contributed by atoms with Gasteiger partial charge in [-0.25, -0.2) is 0 Å². The first-order valence-electron chi connectivity index (χ1n) is 13.1. The van der Waals surface area contributed by atoms with E-state index in [0.717, 1.165) is 19.3 Å². The van der Waals surface area contributed by atoms with Crippen LogP contribution in [-0.4, -0.2) is 29.5 Å². The second-order valence-corrected chi connectivity index (χ2v) is 9.31. The van der Waals surface area contributed by atoms with Crippen LogP contribution in [0.2, 0.25) is 0 Å². The fraction of sp³-hybridized carbons (Fsp3) is 0.778. The Kier molecular flexibility index (Phi) is 21.0. The molecule has 0 aromatic heterocycles. The van der Waals surface area contributed by atoms with Crippen LogP contribution in [0, 0.1) is 0 Å². The van der Waals surface area contributed by atoms with Crippen LogP contribution in [0.25, 0.3) is 0 Å². The van der Waals surface area contributed by atoms with Crippen LogP contribution in [0.3, 0.4) is 0 Å². The quantitative estimate of drug-likeness (QED) is 0.159. The normalized spacial score (nSPS) is 11.2. The van der Waals surface area contributed by atoms with Crippen LogP contribution < -0.4 is 10.6 Å². The second-order valence-electron chi connectivity index (χ2n) is 8.95. The molecule has 1 aromatic carbocycles. The molecule has 0 bridgehead atoms. The van der Waals surface area contributed by atoms with E-state index in [4.69, 9.17) is 0 Å². The maximum absolute atomic E-state index is 3.44. The fourth-order valence-electron chi connectivity index (χ4n) is 4.16. The van der Waals surface area contributed by atoms with E-state index < -0.39 is 0 Å². The van der Waals surface area contributed by atoms with Crippen molar-refractivity contribution in [2.75, 3.05) is 19.3 Å². The van der Waals surface area contributed by atoms with Gasteiger partial charge < -0.3 is 10.6 Å². The molecule has 0 heterocycles. The van der Waals surface area contributed by atoms with Gasteiger partial charge in [-0.15, -0.1) is 0 Å². The Morgan fingerprint density at radius 1 is 0.567 bits per heavy atom. The van der Waals surface area contributed by atoms with Crippen LogP contribution in [-0.2, 0) is 6.54 Å². The van der Waals surface area contributed by atoms with Gasteiger partial charge in [-0.2, -0.15) is 0 Å². The number of rotatable bonds is 23. The summed E-state index contributed by atoms with van der Waals surface area (Å²) in [5, 5.41) is 5.78. The molecular weight excluding hydrogens is 380 g/mol. The average Bonchev–Trinajstić information content (AvgIpc) is 2.78. The predicted molar refractivity (Wildman–Crippen MR) is 134 cm³/mol. The molecule has 3 N–H and O–H groups in total. The van der Waals surface area contributed by atoms with Crippen molar-refractivity contribution in [3.63, 3.8) is 0 Å². The van der Waals surface area contributed by atoms with Gasteiger partial charge >= 0.3 is 0 Å². The Morgan fingerprint density at radius 2 is 1.00 bits per heavy atom. The molecule has 2 nitrogen and oxygen atoms in total. The van der Waals surface area contributed by atoms with Gasteiger partial charge in [0, 0.05) is 15.8 Å². The Balaban J connectivity index is 1.65. The lowest BCUT2D eigenvalue weighted by Gasteiger charge is -2.04. The molecule has 0 aliphatic heterocycles. The minimum Gasteiger partial charge on any atom is -0.343 e. The third kappa shape index (κ3) is 19.3. The number of unbranched alkanes of at least 4 members (excludes halogenated alkanes) is 16. The molecule has 0 aliphatic carbocycles. The number of quaternary nitrogens is 1. The highest BCUT2D eigenvalue weighted by molar-refractivity contribution is 6.08. The third-order valence-electron chi connectivity index (χ3n) is 6.11. The summed E-state index contributed by atoms with van der Waals surface area (Å²) in [4.78, 5) is 0. The van der Waals surface area contributed by atoms with Crippen molar-refractivity contribution < 1.29 is 5.32 Å². The summed E-state index contributed by atoms with van der Waals surface area (Å²) in [7, 11) is 3.44. The lowest BCUT2D eigenvalue weighted by atomic mass is 10.0. The number of hydrogen-bond donors (Lipinski definition) is 2. The van der Waals surface area contributed by atoms with Crippen molar-refractivity contribution in [2.45, 2.75) is 116 Å². The zero-order valence-corrected chi connectivity index (χ0v) is 20.8. The first-order chi connectivity index (χ1) is 14.9. The van der Waals surface area contributed by atoms with Crippen LogP contribution in [0.15, 0.2) is 30.3 Å². The third-order valence-corrected chi connectivity index (χ3v) is 6.36. The van der Waals surface area contributed by atoms with E-state index >= 15 is 0 Å². The molecule has 0 atom stereocenters. The van der Waals surface area contributed by atoms with Gasteiger partial charge in [0.15, 0.2) is 0 Å². The zero-order valence-electron chi connectivity index (χ0n) is 19.8. The molecule has 1 aromatic rings. The molecular formula is C27H50N2Si+. The number of nitrogens with one attached hydrogen (secondary N) is 1. The molecule has 1 rings (SSSR count). The van der Waals surface area contributed by atoms with E-state index in [0.29, 0.717) is 0 Å². The highest BCUT2D eigenvalue weighted by atomic mass is 28.1. The molecule has 3 heteroatoms. The molecule has 0 aliphatic rings. The monoisotopic (exact) mass is 430 g/mol. The van der Waals surface area contributed by atoms with Gasteiger partial charge in [-0.3, -0.25) is 0 Å². The van der Waals surface area contributed by atoms with Gasteiger partial charge in [0.1, 0.15) is 6.54 Å². The van der Waals surface area contributed by atoms with Crippen LogP contribution >= 0.6 is 0 Å². The summed E-state index contributed by atoms with van der Waals surface area (Å²) >= 11 is 0. The summed E-state index contributed by atoms with van der Waals surface area (Å²) in [5.74, 6) is 0. The largest absolute Gasteiger partial charge is 0.343 e. The van der Waals surface area contributed by atoms with Crippen molar-refractivity contribution in [3.8, 4) is 0 Å². The molecule has 0 amide bonds. The Hall–Kier alpha value is -0.643. The standard InChI is InChI=1S/C27H49N2Si/c30-26-29-24-20-15-13-11-9-7-5-3-1-2-4-6-8-10-12-14-19-23-28-25-27-21-17-16-18-22-27/h16-18,21-22,28-29H,1-15,19-20,23-26H2/p+1. The van der Waals surface area contributed by atoms with Crippen LogP contribution in [0.1, 0.15) is 115 Å². The minimum absolute atomic E-state index is 0.925. The highest BCUT2D eigenvalue weighted by Gasteiger charge is 1.97. The average molecular weight is 431 g/mol. The highest BCUT2D eigenvalue weighted by Crippen LogP contribution is 2.13. The van der Waals surface area contributed by atoms with E-state index in [1.165, 1.54) is 121 Å². The van der Waals surface area contributed by atoms with Gasteiger partial charge in [-0.1, -0.05) is 120 Å². The molecule has 30 heavy (non-hydrogen) atoms. The van der Waals surface area contributed by atoms with Crippen LogP contribution in [0.5, 0.6) is 0 Å². The van der Waals surface area contributed by atoms with E-state index in [9.17, 15) is 0 Å². The van der Waals surface area contributed by atoms with Crippen molar-refractivity contribution in [1.82, 2.24) is 5.32 Å². The van der Waals surface area contributed by atoms with E-state index in [2.05, 4.69) is 51.2 Å². The summed E-state index contributed by atoms with van der Waals surface area (Å²) < 4.78 is 0. The molecule has 0 spiro atoms. The maximum atomic E-state index is 3.44. The van der Waals surface area contributed by atoms with Gasteiger partial charge in [-0.05, 0) is 32.0 Å². The summed E-state index contributed by atoms with van der Waals surface area (Å²) in [6.45, 7) is 3.58. The second kappa shape index (κ2) is 23.0. The molecule has 0 unspecified atom stereocenters.